The fraction of sp³-hybridized carbons (Fsp3) is 0.200. The van der Waals surface area contributed by atoms with Crippen molar-refractivity contribution in [2.45, 2.75) is 0 Å². The molecule has 0 radical (unpaired) electrons. The van der Waals surface area contributed by atoms with Crippen LogP contribution in [0.15, 0.2) is 66.9 Å². The number of piperazine rings is 1. The van der Waals surface area contributed by atoms with E-state index in [0.29, 0.717) is 13.1 Å². The van der Waals surface area contributed by atoms with Crippen LogP contribution in [0.1, 0.15) is 0 Å². The molecule has 3 aromatic rings. The van der Waals surface area contributed by atoms with E-state index in [1.54, 1.807) is 6.20 Å². The van der Waals surface area contributed by atoms with E-state index in [1.165, 1.54) is 5.69 Å². The Balaban J connectivity index is 1.38. The lowest BCUT2D eigenvalue weighted by Gasteiger charge is -2.36. The lowest BCUT2D eigenvalue weighted by atomic mass is 10.2. The number of fused-ring (bicyclic) bond motifs is 1. The zero-order chi connectivity index (χ0) is 17.1. The van der Waals surface area contributed by atoms with E-state index >= 15 is 0 Å². The first kappa shape index (κ1) is 15.4. The number of anilines is 2. The van der Waals surface area contributed by atoms with Crippen LogP contribution in [0.5, 0.6) is 0 Å². The van der Waals surface area contributed by atoms with Crippen molar-refractivity contribution in [3.8, 4) is 0 Å². The highest BCUT2D eigenvalue weighted by molar-refractivity contribution is 5.92. The maximum Gasteiger partial charge on any atom is 0.321 e. The van der Waals surface area contributed by atoms with Crippen molar-refractivity contribution in [1.29, 1.82) is 0 Å². The molecule has 4 rings (SSSR count). The molecule has 25 heavy (non-hydrogen) atoms. The molecule has 0 bridgehead atoms. The Bertz CT molecular complexity index is 873. The maximum atomic E-state index is 12.5. The van der Waals surface area contributed by atoms with E-state index in [-0.39, 0.29) is 6.03 Å². The van der Waals surface area contributed by atoms with Crippen molar-refractivity contribution >= 4 is 28.3 Å². The summed E-state index contributed by atoms with van der Waals surface area (Å²) in [5.74, 6) is 0. The Hall–Kier alpha value is -3.08. The molecule has 0 spiro atoms. The first-order valence-corrected chi connectivity index (χ1v) is 8.50. The summed E-state index contributed by atoms with van der Waals surface area (Å²) in [4.78, 5) is 21.0. The van der Waals surface area contributed by atoms with Crippen LogP contribution in [-0.2, 0) is 0 Å². The topological polar surface area (TPSA) is 48.5 Å². The quantitative estimate of drug-likeness (QED) is 0.780. The minimum atomic E-state index is -0.0528. The van der Waals surface area contributed by atoms with Crippen molar-refractivity contribution in [3.05, 3.63) is 66.9 Å². The molecule has 5 heteroatoms. The standard InChI is InChI=1S/C20H20N4O/c25-20(22-17-9-8-16-5-4-10-21-19(16)15-17)24-13-11-23(12-14-24)18-6-2-1-3-7-18/h1-10,15H,11-14H2,(H,22,25). The number of hydrogen-bond donors (Lipinski definition) is 1. The molecule has 2 heterocycles. The summed E-state index contributed by atoms with van der Waals surface area (Å²) in [6.07, 6.45) is 1.76. The van der Waals surface area contributed by atoms with Crippen molar-refractivity contribution in [3.63, 3.8) is 0 Å². The monoisotopic (exact) mass is 332 g/mol. The fourth-order valence-corrected chi connectivity index (χ4v) is 3.15. The number of hydrogen-bond acceptors (Lipinski definition) is 3. The number of nitrogens with zero attached hydrogens (tertiary/aromatic N) is 3. The average molecular weight is 332 g/mol. The molecular weight excluding hydrogens is 312 g/mol. The second-order valence-corrected chi connectivity index (χ2v) is 6.15. The Labute approximate surface area is 146 Å². The van der Waals surface area contributed by atoms with Crippen LogP contribution in [0.4, 0.5) is 16.2 Å². The van der Waals surface area contributed by atoms with Gasteiger partial charge in [-0.2, -0.15) is 0 Å². The molecule has 1 aliphatic rings. The van der Waals surface area contributed by atoms with Crippen molar-refractivity contribution in [2.24, 2.45) is 0 Å². The van der Waals surface area contributed by atoms with Gasteiger partial charge in [-0.1, -0.05) is 30.3 Å². The molecule has 126 valence electrons. The average Bonchev–Trinajstić information content (AvgIpc) is 2.69. The summed E-state index contributed by atoms with van der Waals surface area (Å²) in [7, 11) is 0. The Morgan fingerprint density at radius 1 is 0.920 bits per heavy atom. The Morgan fingerprint density at radius 2 is 1.72 bits per heavy atom. The van der Waals surface area contributed by atoms with Gasteiger partial charge < -0.3 is 15.1 Å². The minimum Gasteiger partial charge on any atom is -0.368 e. The molecule has 1 fully saturated rings. The number of urea groups is 1. The van der Waals surface area contributed by atoms with Crippen LogP contribution in [0, 0.1) is 0 Å². The highest BCUT2D eigenvalue weighted by Gasteiger charge is 2.21. The Kier molecular flexibility index (Phi) is 4.21. The molecule has 0 saturated carbocycles. The van der Waals surface area contributed by atoms with Gasteiger partial charge in [0.1, 0.15) is 0 Å². The van der Waals surface area contributed by atoms with Crippen molar-refractivity contribution < 1.29 is 4.79 Å². The van der Waals surface area contributed by atoms with E-state index in [0.717, 1.165) is 29.7 Å². The molecule has 0 unspecified atom stereocenters. The summed E-state index contributed by atoms with van der Waals surface area (Å²) in [6, 6.07) is 20.0. The van der Waals surface area contributed by atoms with Gasteiger partial charge in [-0.25, -0.2) is 4.79 Å². The Morgan fingerprint density at radius 3 is 2.52 bits per heavy atom. The van der Waals surface area contributed by atoms with Gasteiger partial charge in [-0.05, 0) is 30.3 Å². The highest BCUT2D eigenvalue weighted by atomic mass is 16.2. The predicted octanol–water partition coefficient (Wildman–Crippen LogP) is 3.59. The summed E-state index contributed by atoms with van der Waals surface area (Å²) < 4.78 is 0. The third kappa shape index (κ3) is 3.40. The van der Waals surface area contributed by atoms with Crippen LogP contribution in [0.2, 0.25) is 0 Å². The molecular formula is C20H20N4O. The number of amides is 2. The zero-order valence-corrected chi connectivity index (χ0v) is 13.9. The van der Waals surface area contributed by atoms with Gasteiger partial charge in [0.05, 0.1) is 5.52 Å². The molecule has 1 aromatic heterocycles. The lowest BCUT2D eigenvalue weighted by Crippen LogP contribution is -2.50. The minimum absolute atomic E-state index is 0.0528. The summed E-state index contributed by atoms with van der Waals surface area (Å²) >= 11 is 0. The molecule has 0 atom stereocenters. The first-order valence-electron chi connectivity index (χ1n) is 8.50. The van der Waals surface area contributed by atoms with Gasteiger partial charge in [-0.3, -0.25) is 4.98 Å². The van der Waals surface area contributed by atoms with Gasteiger partial charge in [0.2, 0.25) is 0 Å². The van der Waals surface area contributed by atoms with Gasteiger partial charge in [-0.15, -0.1) is 0 Å². The molecule has 1 saturated heterocycles. The van der Waals surface area contributed by atoms with Gasteiger partial charge >= 0.3 is 6.03 Å². The fourth-order valence-electron chi connectivity index (χ4n) is 3.15. The van der Waals surface area contributed by atoms with E-state index in [4.69, 9.17) is 0 Å². The number of carbonyl (C=O) groups is 1. The van der Waals surface area contributed by atoms with Crippen molar-refractivity contribution in [1.82, 2.24) is 9.88 Å². The first-order chi connectivity index (χ1) is 12.3. The van der Waals surface area contributed by atoms with Crippen LogP contribution >= 0.6 is 0 Å². The molecule has 1 aliphatic heterocycles. The molecule has 0 aliphatic carbocycles. The molecule has 5 nitrogen and oxygen atoms in total. The van der Waals surface area contributed by atoms with Crippen LogP contribution in [-0.4, -0.2) is 42.1 Å². The van der Waals surface area contributed by atoms with Gasteiger partial charge in [0, 0.05) is 49.1 Å². The van der Waals surface area contributed by atoms with Gasteiger partial charge in [0.25, 0.3) is 0 Å². The van der Waals surface area contributed by atoms with E-state index in [2.05, 4.69) is 27.3 Å². The third-order valence-electron chi connectivity index (χ3n) is 4.55. The van der Waals surface area contributed by atoms with Crippen LogP contribution < -0.4 is 10.2 Å². The van der Waals surface area contributed by atoms with Crippen LogP contribution in [0.3, 0.4) is 0 Å². The summed E-state index contributed by atoms with van der Waals surface area (Å²) in [5.41, 5.74) is 2.87. The third-order valence-corrected chi connectivity index (χ3v) is 4.55. The number of carbonyl (C=O) groups excluding carboxylic acids is 1. The summed E-state index contributed by atoms with van der Waals surface area (Å²) in [5, 5.41) is 4.05. The maximum absolute atomic E-state index is 12.5. The number of aromatic nitrogens is 1. The van der Waals surface area contributed by atoms with E-state index in [9.17, 15) is 4.79 Å². The van der Waals surface area contributed by atoms with E-state index < -0.39 is 0 Å². The second-order valence-electron chi connectivity index (χ2n) is 6.15. The van der Waals surface area contributed by atoms with Crippen LogP contribution in [0.25, 0.3) is 10.9 Å². The summed E-state index contributed by atoms with van der Waals surface area (Å²) in [6.45, 7) is 3.12. The number of rotatable bonds is 2. The SMILES string of the molecule is O=C(Nc1ccc2cccnc2c1)N1CCN(c2ccccc2)CC1. The molecule has 1 N–H and O–H groups in total. The van der Waals surface area contributed by atoms with E-state index in [1.807, 2.05) is 53.4 Å². The number of pyridine rings is 1. The zero-order valence-electron chi connectivity index (χ0n) is 13.9. The van der Waals surface area contributed by atoms with Crippen molar-refractivity contribution in [2.75, 3.05) is 36.4 Å². The van der Waals surface area contributed by atoms with Gasteiger partial charge in [0.15, 0.2) is 0 Å². The highest BCUT2D eigenvalue weighted by Crippen LogP contribution is 2.19. The number of nitrogens with one attached hydrogen (secondary N) is 1. The number of benzene rings is 2. The number of para-hydroxylation sites is 1. The second kappa shape index (κ2) is 6.81. The largest absolute Gasteiger partial charge is 0.368 e. The molecule has 2 amide bonds. The predicted molar refractivity (Wildman–Crippen MR) is 101 cm³/mol. The smallest absolute Gasteiger partial charge is 0.321 e. The normalized spacial score (nSPS) is 14.6. The molecule has 2 aromatic carbocycles. The lowest BCUT2D eigenvalue weighted by molar-refractivity contribution is 0.208.